The highest BCUT2D eigenvalue weighted by Crippen LogP contribution is 2.20. The molecule has 0 aliphatic carbocycles. The molecule has 1 aromatic carbocycles. The molecule has 2 rings (SSSR count). The maximum absolute atomic E-state index is 10.9. The molecule has 0 aromatic heterocycles. The van der Waals surface area contributed by atoms with Crippen molar-refractivity contribution in [3.05, 3.63) is 35.9 Å². The summed E-state index contributed by atoms with van der Waals surface area (Å²) >= 11 is -2.21. The van der Waals surface area contributed by atoms with Crippen LogP contribution in [0.1, 0.15) is 43.7 Å². The highest BCUT2D eigenvalue weighted by atomic mass is 32.2. The van der Waals surface area contributed by atoms with E-state index < -0.39 is 11.3 Å². The Morgan fingerprint density at radius 1 is 1.20 bits per heavy atom. The van der Waals surface area contributed by atoms with E-state index in [4.69, 9.17) is 0 Å². The van der Waals surface area contributed by atoms with Gasteiger partial charge in [-0.2, -0.15) is 0 Å². The molecule has 112 valence electrons. The SMILES string of the molecule is O=S([O-])NC(CCCCN1CCCC1)c1ccccc1. The van der Waals surface area contributed by atoms with Crippen LogP contribution in [0.25, 0.3) is 0 Å². The normalized spacial score (nSPS) is 19.1. The Labute approximate surface area is 124 Å². The molecule has 0 spiro atoms. The molecule has 20 heavy (non-hydrogen) atoms. The second kappa shape index (κ2) is 8.52. The molecule has 1 fully saturated rings. The molecule has 1 heterocycles. The molecule has 1 saturated heterocycles. The highest BCUT2D eigenvalue weighted by molar-refractivity contribution is 7.77. The predicted octanol–water partition coefficient (Wildman–Crippen LogP) is 2.38. The third-order valence-corrected chi connectivity index (χ3v) is 4.33. The molecule has 0 bridgehead atoms. The third kappa shape index (κ3) is 5.32. The summed E-state index contributed by atoms with van der Waals surface area (Å²) in [7, 11) is 0. The van der Waals surface area contributed by atoms with Crippen molar-refractivity contribution < 1.29 is 8.76 Å². The number of nitrogens with zero attached hydrogens (tertiary/aromatic N) is 1. The van der Waals surface area contributed by atoms with Crippen LogP contribution in [0.5, 0.6) is 0 Å². The Morgan fingerprint density at radius 3 is 2.55 bits per heavy atom. The van der Waals surface area contributed by atoms with Crippen LogP contribution in [-0.2, 0) is 11.3 Å². The van der Waals surface area contributed by atoms with Gasteiger partial charge in [-0.15, -0.1) is 0 Å². The van der Waals surface area contributed by atoms with Gasteiger partial charge >= 0.3 is 0 Å². The van der Waals surface area contributed by atoms with Crippen LogP contribution in [0.2, 0.25) is 0 Å². The average molecular weight is 295 g/mol. The van der Waals surface area contributed by atoms with Gasteiger partial charge in [-0.3, -0.25) is 4.21 Å². The first-order valence-electron chi connectivity index (χ1n) is 7.38. The first-order valence-corrected chi connectivity index (χ1v) is 8.46. The minimum atomic E-state index is -2.21. The molecule has 0 radical (unpaired) electrons. The lowest BCUT2D eigenvalue weighted by Gasteiger charge is -2.21. The molecular formula is C15H23N2O2S-. The number of rotatable bonds is 8. The smallest absolute Gasteiger partial charge is 0.0434 e. The van der Waals surface area contributed by atoms with Crippen molar-refractivity contribution in [2.75, 3.05) is 19.6 Å². The fourth-order valence-electron chi connectivity index (χ4n) is 2.79. The van der Waals surface area contributed by atoms with Crippen LogP contribution in [0, 0.1) is 0 Å². The fraction of sp³-hybridized carbons (Fsp3) is 0.600. The highest BCUT2D eigenvalue weighted by Gasteiger charge is 2.13. The summed E-state index contributed by atoms with van der Waals surface area (Å²) in [5, 5.41) is 0. The van der Waals surface area contributed by atoms with E-state index in [0.717, 1.165) is 31.4 Å². The molecule has 4 nitrogen and oxygen atoms in total. The van der Waals surface area contributed by atoms with Gasteiger partial charge in [0.25, 0.3) is 0 Å². The predicted molar refractivity (Wildman–Crippen MR) is 80.8 cm³/mol. The minimum absolute atomic E-state index is 0.104. The van der Waals surface area contributed by atoms with Crippen molar-refractivity contribution in [1.82, 2.24) is 9.62 Å². The summed E-state index contributed by atoms with van der Waals surface area (Å²) in [6.07, 6.45) is 5.68. The van der Waals surface area contributed by atoms with Gasteiger partial charge in [0.2, 0.25) is 0 Å². The summed E-state index contributed by atoms with van der Waals surface area (Å²) in [5.41, 5.74) is 1.04. The molecule has 1 N–H and O–H groups in total. The zero-order valence-corrected chi connectivity index (χ0v) is 12.6. The van der Waals surface area contributed by atoms with Gasteiger partial charge in [-0.1, -0.05) is 36.8 Å². The van der Waals surface area contributed by atoms with Crippen molar-refractivity contribution in [3.63, 3.8) is 0 Å². The summed E-state index contributed by atoms with van der Waals surface area (Å²) in [5.74, 6) is 0. The van der Waals surface area contributed by atoms with Crippen molar-refractivity contribution in [2.45, 2.75) is 38.1 Å². The molecular weight excluding hydrogens is 272 g/mol. The second-order valence-electron chi connectivity index (χ2n) is 5.36. The van der Waals surface area contributed by atoms with Crippen molar-refractivity contribution in [3.8, 4) is 0 Å². The first kappa shape index (κ1) is 15.6. The number of benzene rings is 1. The van der Waals surface area contributed by atoms with E-state index in [1.54, 1.807) is 0 Å². The lowest BCUT2D eigenvalue weighted by Crippen LogP contribution is -2.24. The van der Waals surface area contributed by atoms with E-state index in [9.17, 15) is 8.76 Å². The standard InChI is InChI=1S/C15H24N2O2S/c18-20(19)16-15(14-8-2-1-3-9-14)10-4-5-11-17-12-6-7-13-17/h1-3,8-9,15-16H,4-7,10-13H2,(H,18,19)/p-1. The third-order valence-electron chi connectivity index (χ3n) is 3.86. The number of nitrogens with one attached hydrogen (secondary N) is 1. The van der Waals surface area contributed by atoms with E-state index in [1.807, 2.05) is 30.3 Å². The largest absolute Gasteiger partial charge is 0.760 e. The molecule has 2 unspecified atom stereocenters. The van der Waals surface area contributed by atoms with Crippen molar-refractivity contribution in [1.29, 1.82) is 0 Å². The summed E-state index contributed by atoms with van der Waals surface area (Å²) in [4.78, 5) is 2.50. The molecule has 1 aliphatic rings. The Hall–Kier alpha value is -0.750. The van der Waals surface area contributed by atoms with Crippen molar-refractivity contribution in [2.24, 2.45) is 0 Å². The molecule has 0 amide bonds. The molecule has 0 saturated carbocycles. The zero-order chi connectivity index (χ0) is 14.2. The topological polar surface area (TPSA) is 55.4 Å². The van der Waals surface area contributed by atoms with Crippen LogP contribution < -0.4 is 4.72 Å². The zero-order valence-electron chi connectivity index (χ0n) is 11.8. The maximum Gasteiger partial charge on any atom is 0.0434 e. The van der Waals surface area contributed by atoms with Gasteiger partial charge in [0.05, 0.1) is 0 Å². The quantitative estimate of drug-likeness (QED) is 0.592. The first-order chi connectivity index (χ1) is 9.75. The van der Waals surface area contributed by atoms with E-state index in [0.29, 0.717) is 0 Å². The fourth-order valence-corrected chi connectivity index (χ4v) is 3.27. The van der Waals surface area contributed by atoms with Crippen LogP contribution >= 0.6 is 0 Å². The summed E-state index contributed by atoms with van der Waals surface area (Å²) in [6, 6.07) is 9.69. The van der Waals surface area contributed by atoms with Gasteiger partial charge in [-0.05, 0) is 50.9 Å². The Kier molecular flexibility index (Phi) is 6.66. The van der Waals surface area contributed by atoms with Crippen molar-refractivity contribution >= 4 is 11.3 Å². The monoisotopic (exact) mass is 295 g/mol. The van der Waals surface area contributed by atoms with Crippen LogP contribution in [0.3, 0.4) is 0 Å². The number of hydrogen-bond acceptors (Lipinski definition) is 3. The summed E-state index contributed by atoms with van der Waals surface area (Å²) in [6.45, 7) is 3.60. The lowest BCUT2D eigenvalue weighted by atomic mass is 10.0. The lowest BCUT2D eigenvalue weighted by molar-refractivity contribution is 0.325. The van der Waals surface area contributed by atoms with E-state index >= 15 is 0 Å². The second-order valence-corrected chi connectivity index (χ2v) is 6.07. The molecule has 5 heteroatoms. The van der Waals surface area contributed by atoms with E-state index in [2.05, 4.69) is 9.62 Å². The Balaban J connectivity index is 1.77. The van der Waals surface area contributed by atoms with Gasteiger partial charge in [-0.25, -0.2) is 4.72 Å². The maximum atomic E-state index is 10.9. The minimum Gasteiger partial charge on any atom is -0.760 e. The number of likely N-dealkylation sites (tertiary alicyclic amines) is 1. The van der Waals surface area contributed by atoms with E-state index in [-0.39, 0.29) is 6.04 Å². The van der Waals surface area contributed by atoms with E-state index in [1.165, 1.54) is 25.9 Å². The van der Waals surface area contributed by atoms with Gasteiger partial charge < -0.3 is 9.45 Å². The number of unbranched alkanes of at least 4 members (excludes halogenated alkanes) is 1. The van der Waals surface area contributed by atoms with Crippen LogP contribution in [0.15, 0.2) is 30.3 Å². The molecule has 1 aliphatic heterocycles. The summed E-state index contributed by atoms with van der Waals surface area (Å²) < 4.78 is 24.4. The average Bonchev–Trinajstić information content (AvgIpc) is 2.96. The van der Waals surface area contributed by atoms with Crippen LogP contribution in [0.4, 0.5) is 0 Å². The van der Waals surface area contributed by atoms with Gasteiger partial charge in [0, 0.05) is 17.3 Å². The Morgan fingerprint density at radius 2 is 1.90 bits per heavy atom. The van der Waals surface area contributed by atoms with Gasteiger partial charge in [0.1, 0.15) is 0 Å². The molecule has 2 atom stereocenters. The molecule has 1 aromatic rings. The number of hydrogen-bond donors (Lipinski definition) is 1. The Bertz CT molecular complexity index is 408. The van der Waals surface area contributed by atoms with Crippen LogP contribution in [-0.4, -0.2) is 33.3 Å². The van der Waals surface area contributed by atoms with Gasteiger partial charge in [0.15, 0.2) is 0 Å².